The standard InChI is InChI=1S/C14H11N3O4/c1-21-13(19)11-8-10(16-14(20)17-12(8)18)9(15-11)7-5-3-2-4-6-7/h2-6,15H,1H3,(H2,16,17,18,20). The molecule has 1 aromatic carbocycles. The monoisotopic (exact) mass is 285 g/mol. The van der Waals surface area contributed by atoms with Gasteiger partial charge in [0.1, 0.15) is 5.69 Å². The molecule has 7 heteroatoms. The Labute approximate surface area is 117 Å². The highest BCUT2D eigenvalue weighted by Gasteiger charge is 2.21. The number of ether oxygens (including phenoxy) is 1. The van der Waals surface area contributed by atoms with Gasteiger partial charge < -0.3 is 14.7 Å². The molecular formula is C14H11N3O4. The van der Waals surface area contributed by atoms with E-state index in [-0.39, 0.29) is 16.6 Å². The third-order valence-electron chi connectivity index (χ3n) is 3.14. The number of H-pyrrole nitrogens is 3. The molecule has 0 bridgehead atoms. The number of methoxy groups -OCH3 is 1. The second-order valence-corrected chi connectivity index (χ2v) is 4.39. The van der Waals surface area contributed by atoms with E-state index in [0.717, 1.165) is 5.56 Å². The summed E-state index contributed by atoms with van der Waals surface area (Å²) < 4.78 is 4.66. The largest absolute Gasteiger partial charge is 0.464 e. The van der Waals surface area contributed by atoms with Crippen molar-refractivity contribution in [3.63, 3.8) is 0 Å². The maximum absolute atomic E-state index is 12.0. The van der Waals surface area contributed by atoms with Crippen molar-refractivity contribution in [1.29, 1.82) is 0 Å². The van der Waals surface area contributed by atoms with Gasteiger partial charge in [-0.2, -0.15) is 0 Å². The summed E-state index contributed by atoms with van der Waals surface area (Å²) in [4.78, 5) is 42.8. The van der Waals surface area contributed by atoms with E-state index in [0.29, 0.717) is 5.69 Å². The van der Waals surface area contributed by atoms with Gasteiger partial charge >= 0.3 is 11.7 Å². The topological polar surface area (TPSA) is 108 Å². The van der Waals surface area contributed by atoms with Crippen LogP contribution in [0.5, 0.6) is 0 Å². The minimum Gasteiger partial charge on any atom is -0.464 e. The first kappa shape index (κ1) is 12.9. The normalized spacial score (nSPS) is 10.7. The van der Waals surface area contributed by atoms with Crippen molar-refractivity contribution in [3.8, 4) is 11.3 Å². The van der Waals surface area contributed by atoms with E-state index < -0.39 is 17.2 Å². The first-order valence-electron chi connectivity index (χ1n) is 6.14. The smallest absolute Gasteiger partial charge is 0.355 e. The van der Waals surface area contributed by atoms with Crippen molar-refractivity contribution in [3.05, 3.63) is 56.9 Å². The second kappa shape index (κ2) is 4.78. The molecule has 0 saturated heterocycles. The van der Waals surface area contributed by atoms with Gasteiger partial charge in [0.15, 0.2) is 0 Å². The molecule has 21 heavy (non-hydrogen) atoms. The maximum Gasteiger partial charge on any atom is 0.355 e. The molecular weight excluding hydrogens is 274 g/mol. The lowest BCUT2D eigenvalue weighted by Gasteiger charge is -1.98. The molecule has 2 aromatic heterocycles. The SMILES string of the molecule is COC(=O)c1[nH]c(-c2ccccc2)c2[nH]c(=O)[nH]c(=O)c12. The Bertz CT molecular complexity index is 934. The number of rotatable bonds is 2. The van der Waals surface area contributed by atoms with Crippen LogP contribution < -0.4 is 11.2 Å². The van der Waals surface area contributed by atoms with E-state index in [2.05, 4.69) is 19.7 Å². The van der Waals surface area contributed by atoms with Gasteiger partial charge in [0.25, 0.3) is 5.56 Å². The van der Waals surface area contributed by atoms with Crippen LogP contribution in [-0.2, 0) is 4.74 Å². The van der Waals surface area contributed by atoms with Crippen LogP contribution in [0.25, 0.3) is 22.2 Å². The molecule has 0 spiro atoms. The number of aromatic nitrogens is 3. The van der Waals surface area contributed by atoms with Crippen LogP contribution in [0.1, 0.15) is 10.5 Å². The minimum absolute atomic E-state index is 0.00357. The van der Waals surface area contributed by atoms with Gasteiger partial charge in [-0.3, -0.25) is 9.78 Å². The molecule has 0 unspecified atom stereocenters. The summed E-state index contributed by atoms with van der Waals surface area (Å²) in [5.74, 6) is -0.681. The summed E-state index contributed by atoms with van der Waals surface area (Å²) in [6.45, 7) is 0. The first-order chi connectivity index (χ1) is 10.1. The molecule has 106 valence electrons. The lowest BCUT2D eigenvalue weighted by molar-refractivity contribution is 0.0597. The van der Waals surface area contributed by atoms with E-state index >= 15 is 0 Å². The van der Waals surface area contributed by atoms with Crippen LogP contribution >= 0.6 is 0 Å². The summed E-state index contributed by atoms with van der Waals surface area (Å²) in [6.07, 6.45) is 0. The van der Waals surface area contributed by atoms with Gasteiger partial charge in [-0.05, 0) is 0 Å². The summed E-state index contributed by atoms with van der Waals surface area (Å²) >= 11 is 0. The summed E-state index contributed by atoms with van der Waals surface area (Å²) in [5, 5.41) is 0.0697. The number of hydrogen-bond donors (Lipinski definition) is 3. The number of aromatic amines is 3. The fraction of sp³-hybridized carbons (Fsp3) is 0.0714. The molecule has 0 saturated carbocycles. The Hall–Kier alpha value is -3.09. The third kappa shape index (κ3) is 2.04. The highest BCUT2D eigenvalue weighted by molar-refractivity contribution is 6.06. The second-order valence-electron chi connectivity index (χ2n) is 4.39. The molecule has 0 aliphatic carbocycles. The van der Waals surface area contributed by atoms with Crippen molar-refractivity contribution in [2.24, 2.45) is 0 Å². The minimum atomic E-state index is -0.681. The summed E-state index contributed by atoms with van der Waals surface area (Å²) in [5.41, 5.74) is 0.208. The average Bonchev–Trinajstić information content (AvgIpc) is 2.87. The van der Waals surface area contributed by atoms with Crippen molar-refractivity contribution >= 4 is 16.9 Å². The van der Waals surface area contributed by atoms with Gasteiger partial charge in [-0.25, -0.2) is 9.59 Å². The zero-order chi connectivity index (χ0) is 15.0. The van der Waals surface area contributed by atoms with Gasteiger partial charge in [-0.1, -0.05) is 30.3 Å². The Morgan fingerprint density at radius 1 is 1.05 bits per heavy atom. The quantitative estimate of drug-likeness (QED) is 0.610. The molecule has 0 fully saturated rings. The van der Waals surface area contributed by atoms with Gasteiger partial charge in [-0.15, -0.1) is 0 Å². The van der Waals surface area contributed by atoms with Crippen LogP contribution in [0, 0.1) is 0 Å². The highest BCUT2D eigenvalue weighted by atomic mass is 16.5. The molecule has 0 atom stereocenters. The molecule has 0 amide bonds. The van der Waals surface area contributed by atoms with Crippen molar-refractivity contribution in [2.45, 2.75) is 0 Å². The molecule has 3 rings (SSSR count). The van der Waals surface area contributed by atoms with Crippen molar-refractivity contribution in [2.75, 3.05) is 7.11 Å². The van der Waals surface area contributed by atoms with Crippen LogP contribution in [0.4, 0.5) is 0 Å². The summed E-state index contributed by atoms with van der Waals surface area (Å²) in [7, 11) is 1.22. The van der Waals surface area contributed by atoms with E-state index in [1.54, 1.807) is 12.1 Å². The molecule has 0 aliphatic heterocycles. The number of hydrogen-bond acceptors (Lipinski definition) is 4. The summed E-state index contributed by atoms with van der Waals surface area (Å²) in [6, 6.07) is 9.05. The number of fused-ring (bicyclic) bond motifs is 1. The van der Waals surface area contributed by atoms with Gasteiger partial charge in [0, 0.05) is 5.56 Å². The van der Waals surface area contributed by atoms with Crippen LogP contribution in [0.3, 0.4) is 0 Å². The Kier molecular flexibility index (Phi) is 2.94. The van der Waals surface area contributed by atoms with Crippen LogP contribution in [0.15, 0.2) is 39.9 Å². The number of nitrogens with one attached hydrogen (secondary N) is 3. The molecule has 2 heterocycles. The first-order valence-corrected chi connectivity index (χ1v) is 6.14. The molecule has 7 nitrogen and oxygen atoms in total. The van der Waals surface area contributed by atoms with Crippen LogP contribution in [0.2, 0.25) is 0 Å². The predicted molar refractivity (Wildman–Crippen MR) is 76.3 cm³/mol. The number of benzene rings is 1. The van der Waals surface area contributed by atoms with Gasteiger partial charge in [0.05, 0.1) is 23.7 Å². The zero-order valence-electron chi connectivity index (χ0n) is 11.0. The zero-order valence-corrected chi connectivity index (χ0v) is 11.0. The Morgan fingerprint density at radius 3 is 2.43 bits per heavy atom. The van der Waals surface area contributed by atoms with Gasteiger partial charge in [0.2, 0.25) is 0 Å². The van der Waals surface area contributed by atoms with E-state index in [4.69, 9.17) is 0 Å². The molecule has 0 aliphatic rings. The maximum atomic E-state index is 12.0. The predicted octanol–water partition coefficient (Wildman–Crippen LogP) is 0.998. The average molecular weight is 285 g/mol. The number of carbonyl (C=O) groups is 1. The van der Waals surface area contributed by atoms with E-state index in [1.807, 2.05) is 18.2 Å². The molecule has 3 aromatic rings. The fourth-order valence-corrected chi connectivity index (χ4v) is 2.24. The number of esters is 1. The fourth-order valence-electron chi connectivity index (χ4n) is 2.24. The van der Waals surface area contributed by atoms with E-state index in [1.165, 1.54) is 7.11 Å². The Morgan fingerprint density at radius 2 is 1.76 bits per heavy atom. The van der Waals surface area contributed by atoms with Crippen LogP contribution in [-0.4, -0.2) is 28.0 Å². The van der Waals surface area contributed by atoms with Crippen molar-refractivity contribution in [1.82, 2.24) is 15.0 Å². The third-order valence-corrected chi connectivity index (χ3v) is 3.14. The number of carbonyl (C=O) groups excluding carboxylic acids is 1. The lowest BCUT2D eigenvalue weighted by atomic mass is 10.1. The lowest BCUT2D eigenvalue weighted by Crippen LogP contribution is -2.22. The van der Waals surface area contributed by atoms with E-state index in [9.17, 15) is 14.4 Å². The Balaban J connectivity index is 2.44. The molecule has 0 radical (unpaired) electrons. The molecule has 3 N–H and O–H groups in total. The highest BCUT2D eigenvalue weighted by Crippen LogP contribution is 2.26. The van der Waals surface area contributed by atoms with Crippen molar-refractivity contribution < 1.29 is 9.53 Å².